The Bertz CT molecular complexity index is 465. The van der Waals surface area contributed by atoms with Gasteiger partial charge in [-0.2, -0.15) is 0 Å². The van der Waals surface area contributed by atoms with Gasteiger partial charge in [-0.3, -0.25) is 9.59 Å². The van der Waals surface area contributed by atoms with E-state index in [0.29, 0.717) is 31.9 Å². The van der Waals surface area contributed by atoms with Crippen LogP contribution in [0.2, 0.25) is 0 Å². The van der Waals surface area contributed by atoms with Crippen LogP contribution in [0, 0.1) is 0 Å². The molecule has 1 saturated heterocycles. The minimum atomic E-state index is -0.298. The van der Waals surface area contributed by atoms with E-state index < -0.39 is 0 Å². The Balaban J connectivity index is 2.20. The number of unbranched alkanes of at least 4 members (excludes halogenated alkanes) is 3. The fourth-order valence-electron chi connectivity index (χ4n) is 3.16. The lowest BCUT2D eigenvalue weighted by Crippen LogP contribution is -2.46. The molecule has 0 spiro atoms. The Morgan fingerprint density at radius 3 is 2.59 bits per heavy atom. The summed E-state index contributed by atoms with van der Waals surface area (Å²) in [6.45, 7) is 12.2. The number of carbonyl (C=O) groups excluding carboxylic acids is 2. The number of ether oxygens (including phenoxy) is 2. The predicted molar refractivity (Wildman–Crippen MR) is 107 cm³/mol. The molecule has 27 heavy (non-hydrogen) atoms. The van der Waals surface area contributed by atoms with E-state index in [4.69, 9.17) is 9.47 Å². The van der Waals surface area contributed by atoms with Gasteiger partial charge in [0, 0.05) is 26.1 Å². The van der Waals surface area contributed by atoms with Crippen LogP contribution >= 0.6 is 0 Å². The molecule has 0 aromatic carbocycles. The zero-order valence-electron chi connectivity index (χ0n) is 17.4. The first-order valence-electron chi connectivity index (χ1n) is 10.4. The second kappa shape index (κ2) is 13.6. The number of likely N-dealkylation sites (tertiary alicyclic amines) is 1. The van der Waals surface area contributed by atoms with Crippen LogP contribution < -0.4 is 5.32 Å². The monoisotopic (exact) mass is 382 g/mol. The quantitative estimate of drug-likeness (QED) is 0.369. The Hall–Kier alpha value is -1.56. The van der Waals surface area contributed by atoms with Gasteiger partial charge >= 0.3 is 0 Å². The predicted octanol–water partition coefficient (Wildman–Crippen LogP) is 3.41. The third kappa shape index (κ3) is 10.4. The normalized spacial score (nSPS) is 16.6. The van der Waals surface area contributed by atoms with Gasteiger partial charge in [0.15, 0.2) is 0 Å². The maximum absolute atomic E-state index is 12.5. The molecule has 2 amide bonds. The molecule has 6 heteroatoms. The van der Waals surface area contributed by atoms with Crippen LogP contribution in [0.15, 0.2) is 12.3 Å². The van der Waals surface area contributed by atoms with Crippen LogP contribution in [-0.2, 0) is 19.1 Å². The molecule has 1 rings (SSSR count). The number of carbonyl (C=O) groups is 2. The van der Waals surface area contributed by atoms with Crippen LogP contribution in [-0.4, -0.2) is 55.2 Å². The third-order valence-corrected chi connectivity index (χ3v) is 4.58. The summed E-state index contributed by atoms with van der Waals surface area (Å²) in [7, 11) is 0. The fourth-order valence-corrected chi connectivity index (χ4v) is 3.16. The molecule has 0 radical (unpaired) electrons. The molecule has 156 valence electrons. The van der Waals surface area contributed by atoms with E-state index in [0.717, 1.165) is 51.6 Å². The van der Waals surface area contributed by atoms with E-state index in [1.54, 1.807) is 4.90 Å². The lowest BCUT2D eigenvalue weighted by atomic mass is 10.1. The molecule has 0 saturated carbocycles. The Morgan fingerprint density at radius 2 is 1.89 bits per heavy atom. The summed E-state index contributed by atoms with van der Waals surface area (Å²) in [4.78, 5) is 26.7. The van der Waals surface area contributed by atoms with Gasteiger partial charge in [-0.1, -0.05) is 13.0 Å². The smallest absolute Gasteiger partial charge is 0.242 e. The highest BCUT2D eigenvalue weighted by atomic mass is 16.5. The van der Waals surface area contributed by atoms with E-state index in [1.807, 2.05) is 20.8 Å². The van der Waals surface area contributed by atoms with Crippen LogP contribution in [0.4, 0.5) is 0 Å². The van der Waals surface area contributed by atoms with E-state index in [2.05, 4.69) is 11.9 Å². The summed E-state index contributed by atoms with van der Waals surface area (Å²) < 4.78 is 10.8. The highest BCUT2D eigenvalue weighted by molar-refractivity contribution is 5.88. The molecule has 1 fully saturated rings. The molecule has 1 atom stereocenters. The highest BCUT2D eigenvalue weighted by Gasteiger charge is 2.33. The fraction of sp³-hybridized carbons (Fsp3) is 0.810. The molecule has 1 N–H and O–H groups in total. The SMILES string of the molecule is C=C(C)OCCCCNC(=O)C1CCCN1C(=O)CCCCCOC(C)C. The standard InChI is InChI=1S/C21H38N2O4/c1-17(2)26-15-8-5-6-12-20(24)23-14-10-11-19(23)21(25)22-13-7-9-16-27-18(3)4/h17,19H,3,5-16H2,1-2,4H3,(H,22,25). The van der Waals surface area contributed by atoms with E-state index in [9.17, 15) is 9.59 Å². The minimum Gasteiger partial charge on any atom is -0.499 e. The van der Waals surface area contributed by atoms with Gasteiger partial charge in [-0.25, -0.2) is 0 Å². The van der Waals surface area contributed by atoms with Gasteiger partial charge in [-0.15, -0.1) is 0 Å². The summed E-state index contributed by atoms with van der Waals surface area (Å²) >= 11 is 0. The van der Waals surface area contributed by atoms with Crippen molar-refractivity contribution < 1.29 is 19.1 Å². The molecule has 1 heterocycles. The van der Waals surface area contributed by atoms with Gasteiger partial charge in [0.2, 0.25) is 11.8 Å². The van der Waals surface area contributed by atoms with Crippen LogP contribution in [0.1, 0.15) is 72.1 Å². The maximum Gasteiger partial charge on any atom is 0.242 e. The van der Waals surface area contributed by atoms with Gasteiger partial charge in [0.05, 0.1) is 18.5 Å². The third-order valence-electron chi connectivity index (χ3n) is 4.58. The van der Waals surface area contributed by atoms with Gasteiger partial charge < -0.3 is 19.7 Å². The van der Waals surface area contributed by atoms with E-state index in [1.165, 1.54) is 0 Å². The highest BCUT2D eigenvalue weighted by Crippen LogP contribution is 2.19. The number of nitrogens with one attached hydrogen (secondary N) is 1. The van der Waals surface area contributed by atoms with Crippen LogP contribution in [0.3, 0.4) is 0 Å². The Morgan fingerprint density at radius 1 is 1.15 bits per heavy atom. The molecule has 0 bridgehead atoms. The molecule has 0 aliphatic carbocycles. The molecule has 1 unspecified atom stereocenters. The van der Waals surface area contributed by atoms with Crippen molar-refractivity contribution in [1.82, 2.24) is 10.2 Å². The van der Waals surface area contributed by atoms with Crippen molar-refractivity contribution in [3.8, 4) is 0 Å². The second-order valence-electron chi connectivity index (χ2n) is 7.52. The average molecular weight is 383 g/mol. The summed E-state index contributed by atoms with van der Waals surface area (Å²) in [6.07, 6.45) is 6.99. The lowest BCUT2D eigenvalue weighted by Gasteiger charge is -2.24. The van der Waals surface area contributed by atoms with Crippen molar-refractivity contribution in [3.05, 3.63) is 12.3 Å². The number of hydrogen-bond acceptors (Lipinski definition) is 4. The maximum atomic E-state index is 12.5. The van der Waals surface area contributed by atoms with Gasteiger partial charge in [0.25, 0.3) is 0 Å². The molecule has 0 aromatic heterocycles. The number of hydrogen-bond donors (Lipinski definition) is 1. The summed E-state index contributed by atoms with van der Waals surface area (Å²) in [6, 6.07) is -0.298. The molecule has 1 aliphatic rings. The topological polar surface area (TPSA) is 67.9 Å². The molecular weight excluding hydrogens is 344 g/mol. The summed E-state index contributed by atoms with van der Waals surface area (Å²) in [5, 5.41) is 2.96. The van der Waals surface area contributed by atoms with Crippen molar-refractivity contribution in [1.29, 1.82) is 0 Å². The lowest BCUT2D eigenvalue weighted by molar-refractivity contribution is -0.138. The molecule has 1 aliphatic heterocycles. The van der Waals surface area contributed by atoms with Gasteiger partial charge in [0.1, 0.15) is 6.04 Å². The van der Waals surface area contributed by atoms with Crippen molar-refractivity contribution in [2.45, 2.75) is 84.3 Å². The second-order valence-corrected chi connectivity index (χ2v) is 7.52. The Labute approximate surface area is 164 Å². The number of nitrogens with zero attached hydrogens (tertiary/aromatic N) is 1. The van der Waals surface area contributed by atoms with E-state index in [-0.39, 0.29) is 24.0 Å². The summed E-state index contributed by atoms with van der Waals surface area (Å²) in [5.41, 5.74) is 0. The first kappa shape index (κ1) is 23.5. The minimum absolute atomic E-state index is 0.0213. The number of amides is 2. The molecule has 0 aromatic rings. The molecular formula is C21H38N2O4. The van der Waals surface area contributed by atoms with Crippen molar-refractivity contribution in [2.75, 3.05) is 26.3 Å². The first-order chi connectivity index (χ1) is 12.9. The van der Waals surface area contributed by atoms with Gasteiger partial charge in [-0.05, 0) is 59.3 Å². The van der Waals surface area contributed by atoms with Crippen molar-refractivity contribution >= 4 is 11.8 Å². The Kier molecular flexibility index (Phi) is 11.8. The zero-order valence-corrected chi connectivity index (χ0v) is 17.4. The average Bonchev–Trinajstić information content (AvgIpc) is 3.10. The van der Waals surface area contributed by atoms with Crippen molar-refractivity contribution in [2.24, 2.45) is 0 Å². The van der Waals surface area contributed by atoms with E-state index >= 15 is 0 Å². The van der Waals surface area contributed by atoms with Crippen LogP contribution in [0.25, 0.3) is 0 Å². The first-order valence-corrected chi connectivity index (χ1v) is 10.4. The van der Waals surface area contributed by atoms with Crippen molar-refractivity contribution in [3.63, 3.8) is 0 Å². The zero-order chi connectivity index (χ0) is 20.1. The number of allylic oxidation sites excluding steroid dienone is 1. The summed E-state index contributed by atoms with van der Waals surface area (Å²) in [5.74, 6) is 0.797. The number of rotatable bonds is 14. The van der Waals surface area contributed by atoms with Crippen LogP contribution in [0.5, 0.6) is 0 Å². The largest absolute Gasteiger partial charge is 0.499 e. The molecule has 6 nitrogen and oxygen atoms in total.